The van der Waals surface area contributed by atoms with Crippen LogP contribution in [0.25, 0.3) is 0 Å². The van der Waals surface area contributed by atoms with Gasteiger partial charge in [0.05, 0.1) is 23.7 Å². The highest BCUT2D eigenvalue weighted by Crippen LogP contribution is 2.43. The summed E-state index contributed by atoms with van der Waals surface area (Å²) in [6, 6.07) is 10.8. The van der Waals surface area contributed by atoms with E-state index in [-0.39, 0.29) is 29.3 Å². The van der Waals surface area contributed by atoms with Crippen LogP contribution in [0.3, 0.4) is 0 Å². The number of halogens is 2. The molecule has 2 aromatic rings. The van der Waals surface area contributed by atoms with Crippen LogP contribution in [0.4, 0.5) is 5.69 Å². The second-order valence-electron chi connectivity index (χ2n) is 6.30. The molecule has 0 aliphatic carbocycles. The molecule has 0 spiro atoms. The molecule has 1 N–H and O–H groups in total. The normalized spacial score (nSPS) is 18.1. The van der Waals surface area contributed by atoms with Crippen LogP contribution in [-0.4, -0.2) is 35.9 Å². The molecule has 1 heterocycles. The Morgan fingerprint density at radius 2 is 1.89 bits per heavy atom. The fourth-order valence-electron chi connectivity index (χ4n) is 3.21. The number of carbonyl (C=O) groups excluding carboxylic acids is 3. The first kappa shape index (κ1) is 20.3. The number of amides is 1. The molecule has 146 valence electrons. The molecule has 0 saturated carbocycles. The highest BCUT2D eigenvalue weighted by Gasteiger charge is 2.51. The summed E-state index contributed by atoms with van der Waals surface area (Å²) < 4.78 is 4.90. The Morgan fingerprint density at radius 1 is 1.18 bits per heavy atom. The average Bonchev–Trinajstić information content (AvgIpc) is 2.84. The zero-order valence-electron chi connectivity index (χ0n) is 14.9. The van der Waals surface area contributed by atoms with E-state index in [1.54, 1.807) is 31.2 Å². The van der Waals surface area contributed by atoms with Crippen LogP contribution in [-0.2, 0) is 19.9 Å². The quantitative estimate of drug-likeness (QED) is 0.570. The Kier molecular flexibility index (Phi) is 5.74. The van der Waals surface area contributed by atoms with Gasteiger partial charge >= 0.3 is 5.97 Å². The Labute approximate surface area is 171 Å². The SMILES string of the molecule is CCOC(=O)CN1C(=O)[C@](O)(CC(=O)c2ccc(Cl)cc2Cl)c2ccccc21. The Balaban J connectivity index is 1.94. The van der Waals surface area contributed by atoms with E-state index in [1.165, 1.54) is 18.2 Å². The molecule has 0 fully saturated rings. The number of ether oxygens (including phenoxy) is 1. The number of esters is 1. The number of benzene rings is 2. The molecule has 0 radical (unpaired) electrons. The summed E-state index contributed by atoms with van der Waals surface area (Å²) in [6.45, 7) is 1.46. The number of nitrogens with zero attached hydrogens (tertiary/aromatic N) is 1. The number of anilines is 1. The third kappa shape index (κ3) is 3.63. The molecule has 1 aliphatic rings. The van der Waals surface area contributed by atoms with Crippen LogP contribution >= 0.6 is 23.2 Å². The Hall–Kier alpha value is -2.41. The molecule has 1 amide bonds. The largest absolute Gasteiger partial charge is 0.465 e. The second kappa shape index (κ2) is 7.91. The van der Waals surface area contributed by atoms with Gasteiger partial charge in [-0.25, -0.2) is 0 Å². The van der Waals surface area contributed by atoms with Gasteiger partial charge in [-0.3, -0.25) is 19.3 Å². The molecule has 1 atom stereocenters. The van der Waals surface area contributed by atoms with E-state index in [0.29, 0.717) is 10.7 Å². The van der Waals surface area contributed by atoms with Crippen molar-refractivity contribution in [2.75, 3.05) is 18.1 Å². The fraction of sp³-hybridized carbons (Fsp3) is 0.250. The van der Waals surface area contributed by atoms with E-state index < -0.39 is 29.7 Å². The highest BCUT2D eigenvalue weighted by molar-refractivity contribution is 6.37. The van der Waals surface area contributed by atoms with Crippen LogP contribution in [0.15, 0.2) is 42.5 Å². The van der Waals surface area contributed by atoms with Crippen molar-refractivity contribution in [1.82, 2.24) is 0 Å². The van der Waals surface area contributed by atoms with E-state index in [4.69, 9.17) is 27.9 Å². The molecule has 1 aliphatic heterocycles. The molecule has 0 aromatic heterocycles. The zero-order chi connectivity index (χ0) is 20.5. The third-order valence-electron chi connectivity index (χ3n) is 4.48. The topological polar surface area (TPSA) is 83.9 Å². The molecule has 3 rings (SSSR count). The van der Waals surface area contributed by atoms with Gasteiger partial charge in [-0.1, -0.05) is 41.4 Å². The van der Waals surface area contributed by atoms with Crippen molar-refractivity contribution in [2.24, 2.45) is 0 Å². The minimum Gasteiger partial charge on any atom is -0.465 e. The maximum absolute atomic E-state index is 13.0. The van der Waals surface area contributed by atoms with Crippen LogP contribution in [0.5, 0.6) is 0 Å². The van der Waals surface area contributed by atoms with Crippen LogP contribution in [0.2, 0.25) is 10.0 Å². The number of rotatable bonds is 6. The van der Waals surface area contributed by atoms with Crippen molar-refractivity contribution >= 4 is 46.5 Å². The summed E-state index contributed by atoms with van der Waals surface area (Å²) in [5.41, 5.74) is -1.35. The number of para-hydroxylation sites is 1. The van der Waals surface area contributed by atoms with Crippen LogP contribution in [0.1, 0.15) is 29.3 Å². The van der Waals surface area contributed by atoms with Crippen LogP contribution < -0.4 is 4.90 Å². The summed E-state index contributed by atoms with van der Waals surface area (Å²) in [5, 5.41) is 11.7. The number of fused-ring (bicyclic) bond motifs is 1. The lowest BCUT2D eigenvalue weighted by atomic mass is 9.88. The number of Topliss-reactive ketones (excluding diaryl/α,β-unsaturated/α-hetero) is 1. The summed E-state index contributed by atoms with van der Waals surface area (Å²) in [4.78, 5) is 38.8. The van der Waals surface area contributed by atoms with Crippen LogP contribution in [0, 0.1) is 0 Å². The standard InChI is InChI=1S/C20H17Cl2NO5/c1-2-28-18(25)11-23-16-6-4-3-5-14(16)20(27,19(23)26)10-17(24)13-8-7-12(21)9-15(13)22/h3-9,27H,2,10-11H2,1H3/t20-/m0/s1. The monoisotopic (exact) mass is 421 g/mol. The van der Waals surface area contributed by atoms with Gasteiger partial charge in [-0.05, 0) is 31.2 Å². The van der Waals surface area contributed by atoms with Crippen molar-refractivity contribution in [3.05, 3.63) is 63.6 Å². The number of aliphatic hydroxyl groups is 1. The van der Waals surface area contributed by atoms with E-state index in [1.807, 2.05) is 0 Å². The van der Waals surface area contributed by atoms with Crippen molar-refractivity contribution < 1.29 is 24.2 Å². The highest BCUT2D eigenvalue weighted by atomic mass is 35.5. The minimum atomic E-state index is -2.11. The number of carbonyl (C=O) groups is 3. The van der Waals surface area contributed by atoms with Gasteiger partial charge in [0.15, 0.2) is 11.4 Å². The van der Waals surface area contributed by atoms with Gasteiger partial charge in [0, 0.05) is 16.1 Å². The van der Waals surface area contributed by atoms with Crippen molar-refractivity contribution in [1.29, 1.82) is 0 Å². The minimum absolute atomic E-state index is 0.128. The van der Waals surface area contributed by atoms with Gasteiger partial charge in [0.1, 0.15) is 6.54 Å². The third-order valence-corrected chi connectivity index (χ3v) is 5.03. The Bertz CT molecular complexity index is 961. The van der Waals surface area contributed by atoms with Gasteiger partial charge in [-0.15, -0.1) is 0 Å². The van der Waals surface area contributed by atoms with E-state index in [2.05, 4.69) is 0 Å². The molecular weight excluding hydrogens is 405 g/mol. The number of hydrogen-bond acceptors (Lipinski definition) is 5. The van der Waals surface area contributed by atoms with Gasteiger partial charge < -0.3 is 9.84 Å². The number of ketones is 1. The Morgan fingerprint density at radius 3 is 2.57 bits per heavy atom. The predicted octanol–water partition coefficient (Wildman–Crippen LogP) is 3.36. The fourth-order valence-corrected chi connectivity index (χ4v) is 3.73. The molecule has 0 bridgehead atoms. The summed E-state index contributed by atoms with van der Waals surface area (Å²) in [6.07, 6.45) is -0.524. The van der Waals surface area contributed by atoms with E-state index in [0.717, 1.165) is 4.90 Å². The first-order chi connectivity index (χ1) is 13.3. The van der Waals surface area contributed by atoms with Crippen molar-refractivity contribution in [3.63, 3.8) is 0 Å². The van der Waals surface area contributed by atoms with E-state index >= 15 is 0 Å². The summed E-state index contributed by atoms with van der Waals surface area (Å²) >= 11 is 11.9. The van der Waals surface area contributed by atoms with Gasteiger partial charge in [0.2, 0.25) is 0 Å². The maximum Gasteiger partial charge on any atom is 0.326 e. The molecule has 6 nitrogen and oxygen atoms in total. The second-order valence-corrected chi connectivity index (χ2v) is 7.14. The first-order valence-electron chi connectivity index (χ1n) is 8.55. The lowest BCUT2D eigenvalue weighted by molar-refractivity contribution is -0.144. The molecule has 0 unspecified atom stereocenters. The molecule has 0 saturated heterocycles. The lowest BCUT2D eigenvalue weighted by Gasteiger charge is -2.22. The maximum atomic E-state index is 13.0. The lowest BCUT2D eigenvalue weighted by Crippen LogP contribution is -2.44. The van der Waals surface area contributed by atoms with E-state index in [9.17, 15) is 19.5 Å². The summed E-state index contributed by atoms with van der Waals surface area (Å²) in [7, 11) is 0. The summed E-state index contributed by atoms with van der Waals surface area (Å²) in [5.74, 6) is -1.90. The average molecular weight is 422 g/mol. The first-order valence-corrected chi connectivity index (χ1v) is 9.31. The number of hydrogen-bond donors (Lipinski definition) is 1. The molecule has 2 aromatic carbocycles. The van der Waals surface area contributed by atoms with Crippen molar-refractivity contribution in [3.8, 4) is 0 Å². The zero-order valence-corrected chi connectivity index (χ0v) is 16.5. The molecular formula is C20H17Cl2NO5. The predicted molar refractivity (Wildman–Crippen MR) is 105 cm³/mol. The molecule has 8 heteroatoms. The smallest absolute Gasteiger partial charge is 0.326 e. The van der Waals surface area contributed by atoms with Gasteiger partial charge in [-0.2, -0.15) is 0 Å². The van der Waals surface area contributed by atoms with Gasteiger partial charge in [0.25, 0.3) is 5.91 Å². The molecule has 28 heavy (non-hydrogen) atoms. The van der Waals surface area contributed by atoms with Crippen molar-refractivity contribution in [2.45, 2.75) is 18.9 Å².